The number of nitrogens with one attached hydrogen (secondary N) is 1. The van der Waals surface area contributed by atoms with Crippen LogP contribution in [0.15, 0.2) is 30.5 Å². The quantitative estimate of drug-likeness (QED) is 0.901. The summed E-state index contributed by atoms with van der Waals surface area (Å²) < 4.78 is 13.4. The Morgan fingerprint density at radius 3 is 2.80 bits per heavy atom. The highest BCUT2D eigenvalue weighted by Crippen LogP contribution is 2.27. The number of carbonyl (C=O) groups is 1. The lowest BCUT2D eigenvalue weighted by Gasteiger charge is -2.21. The Morgan fingerprint density at radius 2 is 2.00 bits per heavy atom. The number of nitrogens with zero attached hydrogens (tertiary/aromatic N) is 1. The largest absolute Gasteiger partial charge is 0.325 e. The summed E-state index contributed by atoms with van der Waals surface area (Å²) in [5.41, 5.74) is 1.33. The Balaban J connectivity index is 1.86. The zero-order chi connectivity index (χ0) is 13.9. The molecule has 20 heavy (non-hydrogen) atoms. The van der Waals surface area contributed by atoms with E-state index in [9.17, 15) is 9.18 Å². The number of anilines is 1. The third-order valence-electron chi connectivity index (χ3n) is 3.94. The average molecular weight is 272 g/mol. The zero-order valence-corrected chi connectivity index (χ0v) is 11.2. The highest BCUT2D eigenvalue weighted by atomic mass is 19.1. The van der Waals surface area contributed by atoms with E-state index in [1.165, 1.54) is 18.6 Å². The summed E-state index contributed by atoms with van der Waals surface area (Å²) in [6.45, 7) is 0. The molecule has 3 nitrogen and oxygen atoms in total. The topological polar surface area (TPSA) is 42.0 Å². The molecule has 2 aromatic rings. The number of fused-ring (bicyclic) bond motifs is 1. The summed E-state index contributed by atoms with van der Waals surface area (Å²) in [5.74, 6) is -0.194. The van der Waals surface area contributed by atoms with Gasteiger partial charge in [0.05, 0.1) is 11.2 Å². The Kier molecular flexibility index (Phi) is 3.63. The average Bonchev–Trinajstić information content (AvgIpc) is 2.49. The van der Waals surface area contributed by atoms with Crippen molar-refractivity contribution >= 4 is 22.5 Å². The van der Waals surface area contributed by atoms with Gasteiger partial charge in [-0.1, -0.05) is 19.3 Å². The van der Waals surface area contributed by atoms with Crippen LogP contribution in [0.1, 0.15) is 32.1 Å². The van der Waals surface area contributed by atoms with Gasteiger partial charge in [-0.2, -0.15) is 0 Å². The van der Waals surface area contributed by atoms with Crippen LogP contribution in [0.5, 0.6) is 0 Å². The van der Waals surface area contributed by atoms with E-state index in [0.29, 0.717) is 16.6 Å². The van der Waals surface area contributed by atoms with E-state index in [-0.39, 0.29) is 17.6 Å². The minimum Gasteiger partial charge on any atom is -0.325 e. The minimum absolute atomic E-state index is 0.0430. The number of rotatable bonds is 2. The van der Waals surface area contributed by atoms with E-state index in [1.807, 2.05) is 0 Å². The first-order valence-corrected chi connectivity index (χ1v) is 7.09. The molecule has 1 aromatic carbocycles. The number of hydrogen-bond acceptors (Lipinski definition) is 2. The molecule has 0 unspecified atom stereocenters. The van der Waals surface area contributed by atoms with Crippen molar-refractivity contribution in [1.82, 2.24) is 4.98 Å². The van der Waals surface area contributed by atoms with Gasteiger partial charge in [-0.3, -0.25) is 9.78 Å². The van der Waals surface area contributed by atoms with Gasteiger partial charge >= 0.3 is 0 Å². The Bertz CT molecular complexity index is 635. The Morgan fingerprint density at radius 1 is 1.20 bits per heavy atom. The van der Waals surface area contributed by atoms with Gasteiger partial charge in [0, 0.05) is 17.5 Å². The normalized spacial score (nSPS) is 16.2. The van der Waals surface area contributed by atoms with Crippen LogP contribution in [0.4, 0.5) is 10.1 Å². The van der Waals surface area contributed by atoms with Crippen molar-refractivity contribution < 1.29 is 9.18 Å². The van der Waals surface area contributed by atoms with Crippen molar-refractivity contribution in [3.8, 4) is 0 Å². The highest BCUT2D eigenvalue weighted by molar-refractivity contribution is 6.01. The molecule has 0 radical (unpaired) electrons. The van der Waals surface area contributed by atoms with Gasteiger partial charge in [0.15, 0.2) is 0 Å². The lowest BCUT2D eigenvalue weighted by atomic mass is 9.88. The van der Waals surface area contributed by atoms with Crippen LogP contribution in [-0.2, 0) is 4.79 Å². The number of amides is 1. The van der Waals surface area contributed by atoms with Gasteiger partial charge in [0.2, 0.25) is 5.91 Å². The second kappa shape index (κ2) is 5.57. The molecule has 0 atom stereocenters. The lowest BCUT2D eigenvalue weighted by Crippen LogP contribution is -2.24. The molecule has 3 rings (SSSR count). The van der Waals surface area contributed by atoms with Crippen LogP contribution >= 0.6 is 0 Å². The number of aromatic nitrogens is 1. The van der Waals surface area contributed by atoms with Gasteiger partial charge in [-0.15, -0.1) is 0 Å². The molecule has 1 N–H and O–H groups in total. The molecule has 0 aliphatic heterocycles. The van der Waals surface area contributed by atoms with Gasteiger partial charge in [0.1, 0.15) is 5.82 Å². The molecule has 1 aromatic heterocycles. The van der Waals surface area contributed by atoms with Crippen LogP contribution < -0.4 is 5.32 Å². The van der Waals surface area contributed by atoms with Gasteiger partial charge in [-0.05, 0) is 37.1 Å². The molecular weight excluding hydrogens is 255 g/mol. The molecule has 4 heteroatoms. The van der Waals surface area contributed by atoms with Gasteiger partial charge in [-0.25, -0.2) is 4.39 Å². The van der Waals surface area contributed by atoms with Crippen molar-refractivity contribution in [3.63, 3.8) is 0 Å². The van der Waals surface area contributed by atoms with E-state index in [4.69, 9.17) is 0 Å². The summed E-state index contributed by atoms with van der Waals surface area (Å²) in [4.78, 5) is 16.5. The molecule has 0 saturated heterocycles. The first kappa shape index (κ1) is 13.0. The van der Waals surface area contributed by atoms with Crippen molar-refractivity contribution in [1.29, 1.82) is 0 Å². The third-order valence-corrected chi connectivity index (χ3v) is 3.94. The summed E-state index contributed by atoms with van der Waals surface area (Å²) in [7, 11) is 0. The number of halogens is 1. The first-order chi connectivity index (χ1) is 9.74. The monoisotopic (exact) mass is 272 g/mol. The summed E-state index contributed by atoms with van der Waals surface area (Å²) >= 11 is 0. The predicted octanol–water partition coefficient (Wildman–Crippen LogP) is 3.89. The standard InChI is InChI=1S/C16H17FN2O/c17-12-6-7-14-13(10-12)15(8-9-18-14)19-16(20)11-4-2-1-3-5-11/h6-11H,1-5H2,(H,18,19,20). The van der Waals surface area contributed by atoms with E-state index < -0.39 is 0 Å². The maximum Gasteiger partial charge on any atom is 0.227 e. The smallest absolute Gasteiger partial charge is 0.227 e. The molecule has 1 amide bonds. The molecule has 1 aliphatic rings. The molecule has 1 saturated carbocycles. The zero-order valence-electron chi connectivity index (χ0n) is 11.2. The van der Waals surface area contributed by atoms with Gasteiger partial charge < -0.3 is 5.32 Å². The van der Waals surface area contributed by atoms with E-state index in [1.54, 1.807) is 18.3 Å². The van der Waals surface area contributed by atoms with Crippen LogP contribution in [0.2, 0.25) is 0 Å². The maximum absolute atomic E-state index is 13.4. The molecule has 1 aliphatic carbocycles. The highest BCUT2D eigenvalue weighted by Gasteiger charge is 2.21. The fourth-order valence-electron chi connectivity index (χ4n) is 2.83. The molecule has 1 heterocycles. The van der Waals surface area contributed by atoms with Crippen LogP contribution in [0.25, 0.3) is 10.9 Å². The van der Waals surface area contributed by atoms with E-state index >= 15 is 0 Å². The fourth-order valence-corrected chi connectivity index (χ4v) is 2.83. The SMILES string of the molecule is O=C(Nc1ccnc2ccc(F)cc12)C1CCCCC1. The molecule has 104 valence electrons. The maximum atomic E-state index is 13.4. The molecule has 0 spiro atoms. The second-order valence-electron chi connectivity index (χ2n) is 5.34. The van der Waals surface area contributed by atoms with Crippen molar-refractivity contribution in [2.75, 3.05) is 5.32 Å². The van der Waals surface area contributed by atoms with Crippen LogP contribution in [0.3, 0.4) is 0 Å². The van der Waals surface area contributed by atoms with E-state index in [2.05, 4.69) is 10.3 Å². The van der Waals surface area contributed by atoms with Crippen LogP contribution in [-0.4, -0.2) is 10.9 Å². The molecule has 1 fully saturated rings. The Labute approximate surface area is 117 Å². The number of hydrogen-bond donors (Lipinski definition) is 1. The minimum atomic E-state index is -0.321. The number of pyridine rings is 1. The second-order valence-corrected chi connectivity index (χ2v) is 5.34. The van der Waals surface area contributed by atoms with Crippen molar-refractivity contribution in [2.24, 2.45) is 5.92 Å². The van der Waals surface area contributed by atoms with Crippen LogP contribution in [0, 0.1) is 11.7 Å². The fraction of sp³-hybridized carbons (Fsp3) is 0.375. The first-order valence-electron chi connectivity index (χ1n) is 7.09. The Hall–Kier alpha value is -1.97. The summed E-state index contributed by atoms with van der Waals surface area (Å²) in [5, 5.41) is 3.59. The summed E-state index contributed by atoms with van der Waals surface area (Å²) in [6, 6.07) is 6.14. The van der Waals surface area contributed by atoms with Crippen molar-refractivity contribution in [3.05, 3.63) is 36.3 Å². The predicted molar refractivity (Wildman–Crippen MR) is 76.9 cm³/mol. The molecule has 0 bridgehead atoms. The lowest BCUT2D eigenvalue weighted by molar-refractivity contribution is -0.120. The summed E-state index contributed by atoms with van der Waals surface area (Å²) in [6.07, 6.45) is 6.98. The van der Waals surface area contributed by atoms with Gasteiger partial charge in [0.25, 0.3) is 0 Å². The van der Waals surface area contributed by atoms with Crippen molar-refractivity contribution in [2.45, 2.75) is 32.1 Å². The number of carbonyl (C=O) groups excluding carboxylic acids is 1. The molecular formula is C16H17FN2O. The van der Waals surface area contributed by atoms with E-state index in [0.717, 1.165) is 25.7 Å². The third kappa shape index (κ3) is 2.64. The number of benzene rings is 1.